The van der Waals surface area contributed by atoms with Crippen LogP contribution in [0.25, 0.3) is 0 Å². The lowest BCUT2D eigenvalue weighted by Gasteiger charge is -2.05. The van der Waals surface area contributed by atoms with Gasteiger partial charge in [0, 0.05) is 11.6 Å². The number of carbonyl (C=O) groups is 1. The number of rotatable bonds is 3. The van der Waals surface area contributed by atoms with Crippen LogP contribution in [-0.4, -0.2) is 5.91 Å². The molecule has 0 fully saturated rings. The number of nitrogens with one attached hydrogen (secondary N) is 1. The standard InChI is InChI=1S/C12H9BrClNOS/c13-11-6-5-10(17-11)12(16)15-7-8-3-1-2-4-9(8)14/h1-6H,7H2,(H,15,16). The molecule has 0 aliphatic rings. The van der Waals surface area contributed by atoms with Gasteiger partial charge in [0.1, 0.15) is 0 Å². The van der Waals surface area contributed by atoms with Gasteiger partial charge in [0.25, 0.3) is 5.91 Å². The van der Waals surface area contributed by atoms with Crippen LogP contribution in [0.5, 0.6) is 0 Å². The molecular weight excluding hydrogens is 322 g/mol. The van der Waals surface area contributed by atoms with Crippen molar-refractivity contribution in [3.8, 4) is 0 Å². The molecule has 0 saturated heterocycles. The van der Waals surface area contributed by atoms with E-state index in [1.54, 1.807) is 6.07 Å². The van der Waals surface area contributed by atoms with Crippen LogP contribution in [0.3, 0.4) is 0 Å². The Balaban J connectivity index is 1.99. The number of amides is 1. The maximum atomic E-state index is 11.8. The largest absolute Gasteiger partial charge is 0.347 e. The summed E-state index contributed by atoms with van der Waals surface area (Å²) in [4.78, 5) is 12.5. The molecule has 2 rings (SSSR count). The predicted octanol–water partition coefficient (Wildman–Crippen LogP) is 4.09. The van der Waals surface area contributed by atoms with Crippen LogP contribution in [0.1, 0.15) is 15.2 Å². The average Bonchev–Trinajstić information content (AvgIpc) is 2.74. The van der Waals surface area contributed by atoms with E-state index in [-0.39, 0.29) is 5.91 Å². The Labute approximate surface area is 117 Å². The van der Waals surface area contributed by atoms with Gasteiger partial charge in [-0.25, -0.2) is 0 Å². The van der Waals surface area contributed by atoms with Crippen molar-refractivity contribution in [2.24, 2.45) is 0 Å². The molecule has 0 bridgehead atoms. The number of thiophene rings is 1. The molecule has 0 spiro atoms. The Kier molecular flexibility index (Phi) is 4.20. The lowest BCUT2D eigenvalue weighted by Crippen LogP contribution is -2.21. The second-order valence-corrected chi connectivity index (χ2v) is 6.25. The second kappa shape index (κ2) is 5.67. The highest BCUT2D eigenvalue weighted by atomic mass is 79.9. The van der Waals surface area contributed by atoms with E-state index in [0.717, 1.165) is 9.35 Å². The minimum Gasteiger partial charge on any atom is -0.347 e. The molecule has 1 aromatic carbocycles. The van der Waals surface area contributed by atoms with Crippen molar-refractivity contribution < 1.29 is 4.79 Å². The van der Waals surface area contributed by atoms with Crippen molar-refractivity contribution in [2.45, 2.75) is 6.54 Å². The minimum atomic E-state index is -0.0828. The van der Waals surface area contributed by atoms with Crippen LogP contribution < -0.4 is 5.32 Å². The second-order valence-electron chi connectivity index (χ2n) is 3.38. The first-order chi connectivity index (χ1) is 8.16. The molecule has 17 heavy (non-hydrogen) atoms. The van der Waals surface area contributed by atoms with Gasteiger partial charge in [0.05, 0.1) is 8.66 Å². The topological polar surface area (TPSA) is 29.1 Å². The third-order valence-electron chi connectivity index (χ3n) is 2.19. The van der Waals surface area contributed by atoms with Gasteiger partial charge in [-0.05, 0) is 39.7 Å². The number of hydrogen-bond acceptors (Lipinski definition) is 2. The summed E-state index contributed by atoms with van der Waals surface area (Å²) in [5.41, 5.74) is 0.915. The predicted molar refractivity (Wildman–Crippen MR) is 74.6 cm³/mol. The zero-order valence-corrected chi connectivity index (χ0v) is 11.9. The average molecular weight is 331 g/mol. The van der Waals surface area contributed by atoms with Gasteiger partial charge in [-0.2, -0.15) is 0 Å². The van der Waals surface area contributed by atoms with Crippen LogP contribution in [0, 0.1) is 0 Å². The molecule has 0 radical (unpaired) electrons. The quantitative estimate of drug-likeness (QED) is 0.902. The molecule has 0 saturated carbocycles. The van der Waals surface area contributed by atoms with Crippen molar-refractivity contribution in [1.82, 2.24) is 5.32 Å². The fraction of sp³-hybridized carbons (Fsp3) is 0.0833. The van der Waals surface area contributed by atoms with E-state index >= 15 is 0 Å². The lowest BCUT2D eigenvalue weighted by atomic mass is 10.2. The van der Waals surface area contributed by atoms with E-state index in [1.165, 1.54) is 11.3 Å². The number of halogens is 2. The van der Waals surface area contributed by atoms with E-state index in [9.17, 15) is 4.79 Å². The Morgan fingerprint density at radius 3 is 2.71 bits per heavy atom. The first kappa shape index (κ1) is 12.6. The molecule has 0 aliphatic carbocycles. The molecule has 2 aromatic rings. The molecule has 1 aromatic heterocycles. The van der Waals surface area contributed by atoms with E-state index < -0.39 is 0 Å². The molecule has 88 valence electrons. The van der Waals surface area contributed by atoms with Crippen molar-refractivity contribution >= 4 is 44.8 Å². The molecule has 0 aliphatic heterocycles. The third-order valence-corrected chi connectivity index (χ3v) is 4.19. The van der Waals surface area contributed by atoms with E-state index in [0.29, 0.717) is 16.4 Å². The van der Waals surface area contributed by atoms with Crippen LogP contribution in [0.4, 0.5) is 0 Å². The summed E-state index contributed by atoms with van der Waals surface area (Å²) in [7, 11) is 0. The van der Waals surface area contributed by atoms with Gasteiger partial charge in [-0.3, -0.25) is 4.79 Å². The number of hydrogen-bond donors (Lipinski definition) is 1. The summed E-state index contributed by atoms with van der Waals surface area (Å²) in [5.74, 6) is -0.0828. The number of carbonyl (C=O) groups excluding carboxylic acids is 1. The molecule has 2 nitrogen and oxygen atoms in total. The Morgan fingerprint density at radius 2 is 2.06 bits per heavy atom. The molecular formula is C12H9BrClNOS. The van der Waals surface area contributed by atoms with Gasteiger partial charge in [0.2, 0.25) is 0 Å². The van der Waals surface area contributed by atoms with E-state index in [4.69, 9.17) is 11.6 Å². The number of benzene rings is 1. The van der Waals surface area contributed by atoms with Gasteiger partial charge in [0.15, 0.2) is 0 Å². The Hall–Kier alpha value is -0.840. The molecule has 1 heterocycles. The SMILES string of the molecule is O=C(NCc1ccccc1Cl)c1ccc(Br)s1. The fourth-order valence-electron chi connectivity index (χ4n) is 1.34. The Morgan fingerprint density at radius 1 is 1.29 bits per heavy atom. The lowest BCUT2D eigenvalue weighted by molar-refractivity contribution is 0.0955. The molecule has 1 amide bonds. The van der Waals surface area contributed by atoms with Crippen molar-refractivity contribution in [3.05, 3.63) is 55.6 Å². The molecule has 1 N–H and O–H groups in total. The maximum Gasteiger partial charge on any atom is 0.261 e. The summed E-state index contributed by atoms with van der Waals surface area (Å²) in [5, 5.41) is 3.50. The minimum absolute atomic E-state index is 0.0828. The molecule has 5 heteroatoms. The zero-order valence-electron chi connectivity index (χ0n) is 8.74. The van der Waals surface area contributed by atoms with Gasteiger partial charge in [-0.1, -0.05) is 29.8 Å². The third kappa shape index (κ3) is 3.31. The Bertz CT molecular complexity index is 541. The van der Waals surface area contributed by atoms with Crippen LogP contribution in [0.15, 0.2) is 40.2 Å². The highest BCUT2D eigenvalue weighted by Gasteiger charge is 2.08. The summed E-state index contributed by atoms with van der Waals surface area (Å²) >= 11 is 10.7. The van der Waals surface area contributed by atoms with Crippen LogP contribution in [-0.2, 0) is 6.54 Å². The van der Waals surface area contributed by atoms with E-state index in [1.807, 2.05) is 30.3 Å². The fourth-order valence-corrected chi connectivity index (χ4v) is 2.85. The van der Waals surface area contributed by atoms with Crippen LogP contribution >= 0.6 is 38.9 Å². The highest BCUT2D eigenvalue weighted by molar-refractivity contribution is 9.11. The maximum absolute atomic E-state index is 11.8. The van der Waals surface area contributed by atoms with Crippen molar-refractivity contribution in [2.75, 3.05) is 0 Å². The van der Waals surface area contributed by atoms with Crippen molar-refractivity contribution in [3.63, 3.8) is 0 Å². The summed E-state index contributed by atoms with van der Waals surface area (Å²) < 4.78 is 0.945. The molecule has 0 unspecified atom stereocenters. The first-order valence-corrected chi connectivity index (χ1v) is 6.92. The monoisotopic (exact) mass is 329 g/mol. The smallest absolute Gasteiger partial charge is 0.261 e. The summed E-state index contributed by atoms with van der Waals surface area (Å²) in [6, 6.07) is 11.1. The summed E-state index contributed by atoms with van der Waals surface area (Å²) in [6.07, 6.45) is 0. The molecule has 0 atom stereocenters. The highest BCUT2D eigenvalue weighted by Crippen LogP contribution is 2.22. The van der Waals surface area contributed by atoms with Gasteiger partial charge >= 0.3 is 0 Å². The van der Waals surface area contributed by atoms with Crippen molar-refractivity contribution in [1.29, 1.82) is 0 Å². The van der Waals surface area contributed by atoms with Crippen LogP contribution in [0.2, 0.25) is 5.02 Å². The van der Waals surface area contributed by atoms with E-state index in [2.05, 4.69) is 21.2 Å². The zero-order chi connectivity index (χ0) is 12.3. The van der Waals surface area contributed by atoms with Gasteiger partial charge in [-0.15, -0.1) is 11.3 Å². The van der Waals surface area contributed by atoms with Gasteiger partial charge < -0.3 is 5.32 Å². The normalized spacial score (nSPS) is 10.2. The summed E-state index contributed by atoms with van der Waals surface area (Å²) in [6.45, 7) is 0.439. The first-order valence-electron chi connectivity index (χ1n) is 4.94.